The van der Waals surface area contributed by atoms with Gasteiger partial charge in [-0.15, -0.1) is 0 Å². The average molecular weight is 395 g/mol. The number of carbonyl (C=O) groups is 1. The summed E-state index contributed by atoms with van der Waals surface area (Å²) in [6.45, 7) is 3.94. The van der Waals surface area contributed by atoms with E-state index in [1.807, 2.05) is 48.5 Å². The number of aromatic nitrogens is 3. The first-order chi connectivity index (χ1) is 13.5. The lowest BCUT2D eigenvalue weighted by Crippen LogP contribution is -2.14. The van der Waals surface area contributed by atoms with Gasteiger partial charge in [0.05, 0.1) is 23.7 Å². The maximum atomic E-state index is 12.7. The normalized spacial score (nSPS) is 11.4. The minimum atomic E-state index is -0.514. The van der Waals surface area contributed by atoms with Crippen LogP contribution in [-0.2, 0) is 11.3 Å². The fraction of sp³-hybridized carbons (Fsp3) is 0.190. The number of nitrogen functional groups attached to an aromatic ring is 1. The molecule has 0 radical (unpaired) electrons. The molecule has 142 valence electrons. The summed E-state index contributed by atoms with van der Waals surface area (Å²) in [4.78, 5) is 22.1. The Bertz CT molecular complexity index is 1200. The standard InChI is InChI=1S/C21H19ClN4O2/c1-12(2)28-21(27)17-18-20(25-16-10-6-5-9-15(16)24-18)26(19(17)23)11-13-7-3-4-8-14(13)22/h3-10,12H,11,23H2,1-2H3. The number of para-hydroxylation sites is 2. The number of hydrogen-bond donors (Lipinski definition) is 1. The molecule has 0 spiro atoms. The predicted octanol–water partition coefficient (Wildman–Crippen LogP) is 4.43. The summed E-state index contributed by atoms with van der Waals surface area (Å²) >= 11 is 6.33. The minimum Gasteiger partial charge on any atom is -0.459 e. The smallest absolute Gasteiger partial charge is 0.344 e. The Morgan fingerprint density at radius 2 is 1.75 bits per heavy atom. The maximum absolute atomic E-state index is 12.7. The lowest BCUT2D eigenvalue weighted by Gasteiger charge is -2.10. The molecule has 4 aromatic rings. The first-order valence-corrected chi connectivity index (χ1v) is 9.32. The molecule has 0 aliphatic heterocycles. The molecule has 0 aliphatic carbocycles. The second-order valence-corrected chi connectivity index (χ2v) is 7.18. The van der Waals surface area contributed by atoms with Gasteiger partial charge < -0.3 is 15.0 Å². The van der Waals surface area contributed by atoms with E-state index in [4.69, 9.17) is 27.1 Å². The number of esters is 1. The van der Waals surface area contributed by atoms with Crippen LogP contribution in [0.25, 0.3) is 22.2 Å². The van der Waals surface area contributed by atoms with E-state index in [1.165, 1.54) is 0 Å². The Morgan fingerprint density at radius 3 is 2.43 bits per heavy atom. The van der Waals surface area contributed by atoms with Crippen molar-refractivity contribution < 1.29 is 9.53 Å². The molecule has 0 bridgehead atoms. The molecule has 2 aromatic carbocycles. The number of nitrogens with zero attached hydrogens (tertiary/aromatic N) is 3. The number of benzene rings is 2. The van der Waals surface area contributed by atoms with Gasteiger partial charge in [0.25, 0.3) is 0 Å². The largest absolute Gasteiger partial charge is 0.459 e. The highest BCUT2D eigenvalue weighted by atomic mass is 35.5. The molecule has 6 nitrogen and oxygen atoms in total. The van der Waals surface area contributed by atoms with Gasteiger partial charge in [-0.1, -0.05) is 41.9 Å². The molecule has 0 unspecified atom stereocenters. The van der Waals surface area contributed by atoms with Crippen molar-refractivity contribution in [1.82, 2.24) is 14.5 Å². The molecule has 0 aliphatic rings. The van der Waals surface area contributed by atoms with Gasteiger partial charge in [-0.25, -0.2) is 14.8 Å². The second-order valence-electron chi connectivity index (χ2n) is 6.78. The SMILES string of the molecule is CC(C)OC(=O)c1c(N)n(Cc2ccccc2Cl)c2nc3ccccc3nc12. The number of nitrogens with two attached hydrogens (primary N) is 1. The molecule has 2 N–H and O–H groups in total. The number of ether oxygens (including phenoxy) is 1. The van der Waals surface area contributed by atoms with Crippen molar-refractivity contribution in [2.75, 3.05) is 5.73 Å². The third-order valence-electron chi connectivity index (χ3n) is 4.42. The molecule has 2 aromatic heterocycles. The number of halogens is 1. The Morgan fingerprint density at radius 1 is 1.11 bits per heavy atom. The lowest BCUT2D eigenvalue weighted by molar-refractivity contribution is 0.0381. The molecule has 28 heavy (non-hydrogen) atoms. The first kappa shape index (κ1) is 18.3. The minimum absolute atomic E-state index is 0.231. The molecule has 2 heterocycles. The monoisotopic (exact) mass is 394 g/mol. The zero-order valence-corrected chi connectivity index (χ0v) is 16.3. The molecular weight excluding hydrogens is 376 g/mol. The van der Waals surface area contributed by atoms with Crippen LogP contribution in [0.2, 0.25) is 5.02 Å². The van der Waals surface area contributed by atoms with E-state index in [-0.39, 0.29) is 17.5 Å². The van der Waals surface area contributed by atoms with Crippen LogP contribution in [0, 0.1) is 0 Å². The zero-order chi connectivity index (χ0) is 19.8. The van der Waals surface area contributed by atoms with Crippen LogP contribution in [0.4, 0.5) is 5.82 Å². The number of carbonyl (C=O) groups excluding carboxylic acids is 1. The summed E-state index contributed by atoms with van der Waals surface area (Å²) in [5, 5.41) is 0.615. The first-order valence-electron chi connectivity index (χ1n) is 8.94. The Labute approximate surface area is 166 Å². The molecule has 7 heteroatoms. The molecule has 0 atom stereocenters. The molecule has 0 saturated carbocycles. The highest BCUT2D eigenvalue weighted by Gasteiger charge is 2.26. The molecular formula is C21H19ClN4O2. The van der Waals surface area contributed by atoms with E-state index in [0.717, 1.165) is 11.1 Å². The van der Waals surface area contributed by atoms with Gasteiger partial charge in [-0.3, -0.25) is 0 Å². The van der Waals surface area contributed by atoms with E-state index in [0.29, 0.717) is 28.2 Å². The summed E-state index contributed by atoms with van der Waals surface area (Å²) in [5.41, 5.74) is 9.84. The lowest BCUT2D eigenvalue weighted by atomic mass is 10.2. The van der Waals surface area contributed by atoms with Gasteiger partial charge in [0, 0.05) is 5.02 Å². The van der Waals surface area contributed by atoms with E-state index < -0.39 is 5.97 Å². The van der Waals surface area contributed by atoms with Crippen LogP contribution in [0.1, 0.15) is 29.8 Å². The van der Waals surface area contributed by atoms with E-state index in [9.17, 15) is 4.79 Å². The summed E-state index contributed by atoms with van der Waals surface area (Å²) in [6.07, 6.45) is -0.276. The molecule has 0 amide bonds. The van der Waals surface area contributed by atoms with Crippen molar-refractivity contribution in [3.63, 3.8) is 0 Å². The molecule has 0 saturated heterocycles. The third-order valence-corrected chi connectivity index (χ3v) is 4.79. The topological polar surface area (TPSA) is 83.0 Å². The summed E-state index contributed by atoms with van der Waals surface area (Å²) in [7, 11) is 0. The average Bonchev–Trinajstić information content (AvgIpc) is 2.92. The van der Waals surface area contributed by atoms with Gasteiger partial charge in [0.15, 0.2) is 5.65 Å². The fourth-order valence-electron chi connectivity index (χ4n) is 3.15. The number of fused-ring (bicyclic) bond motifs is 2. The third kappa shape index (κ3) is 3.16. The Kier molecular flexibility index (Phi) is 4.65. The highest BCUT2D eigenvalue weighted by Crippen LogP contribution is 2.30. The van der Waals surface area contributed by atoms with E-state index in [2.05, 4.69) is 4.98 Å². The second kappa shape index (κ2) is 7.13. The van der Waals surface area contributed by atoms with Crippen molar-refractivity contribution in [3.05, 3.63) is 64.7 Å². The van der Waals surface area contributed by atoms with Crippen molar-refractivity contribution in [2.24, 2.45) is 0 Å². The van der Waals surface area contributed by atoms with Gasteiger partial charge in [0.2, 0.25) is 0 Å². The van der Waals surface area contributed by atoms with Crippen LogP contribution < -0.4 is 5.73 Å². The van der Waals surface area contributed by atoms with Crippen molar-refractivity contribution >= 4 is 45.6 Å². The summed E-state index contributed by atoms with van der Waals surface area (Å²) in [5.74, 6) is -0.254. The highest BCUT2D eigenvalue weighted by molar-refractivity contribution is 6.31. The Balaban J connectivity index is 1.97. The van der Waals surface area contributed by atoms with Crippen LogP contribution in [0.5, 0.6) is 0 Å². The van der Waals surface area contributed by atoms with Crippen molar-refractivity contribution in [1.29, 1.82) is 0 Å². The van der Waals surface area contributed by atoms with Crippen molar-refractivity contribution in [3.8, 4) is 0 Å². The number of rotatable bonds is 4. The maximum Gasteiger partial charge on any atom is 0.344 e. The van der Waals surface area contributed by atoms with Crippen LogP contribution in [-0.4, -0.2) is 26.6 Å². The summed E-state index contributed by atoms with van der Waals surface area (Å²) in [6, 6.07) is 15.0. The van der Waals surface area contributed by atoms with Crippen LogP contribution >= 0.6 is 11.6 Å². The molecule has 0 fully saturated rings. The Hall–Kier alpha value is -3.12. The van der Waals surface area contributed by atoms with Gasteiger partial charge in [0.1, 0.15) is 16.9 Å². The van der Waals surface area contributed by atoms with Crippen LogP contribution in [0.15, 0.2) is 48.5 Å². The summed E-state index contributed by atoms with van der Waals surface area (Å²) < 4.78 is 7.16. The van der Waals surface area contributed by atoms with Crippen molar-refractivity contribution in [2.45, 2.75) is 26.5 Å². The quantitative estimate of drug-likeness (QED) is 0.517. The zero-order valence-electron chi connectivity index (χ0n) is 15.5. The fourth-order valence-corrected chi connectivity index (χ4v) is 3.34. The van der Waals surface area contributed by atoms with E-state index in [1.54, 1.807) is 18.4 Å². The van der Waals surface area contributed by atoms with Gasteiger partial charge in [-0.2, -0.15) is 0 Å². The predicted molar refractivity (Wildman–Crippen MR) is 111 cm³/mol. The number of hydrogen-bond acceptors (Lipinski definition) is 5. The number of anilines is 1. The molecule has 4 rings (SSSR count). The van der Waals surface area contributed by atoms with Gasteiger partial charge >= 0.3 is 5.97 Å². The van der Waals surface area contributed by atoms with Crippen LogP contribution in [0.3, 0.4) is 0 Å². The van der Waals surface area contributed by atoms with Gasteiger partial charge in [-0.05, 0) is 37.6 Å². The van der Waals surface area contributed by atoms with E-state index >= 15 is 0 Å².